The highest BCUT2D eigenvalue weighted by Gasteiger charge is 2.11. The Morgan fingerprint density at radius 1 is 1.08 bits per heavy atom. The number of hydrogen-bond acceptors (Lipinski definition) is 4. The lowest BCUT2D eigenvalue weighted by Gasteiger charge is -2.08. The number of H-pyrrole nitrogens is 1. The van der Waals surface area contributed by atoms with E-state index >= 15 is 0 Å². The van der Waals surface area contributed by atoms with Gasteiger partial charge in [0.25, 0.3) is 0 Å². The molecule has 4 aromatic rings. The van der Waals surface area contributed by atoms with E-state index in [-0.39, 0.29) is 0 Å². The van der Waals surface area contributed by atoms with Crippen molar-refractivity contribution in [2.45, 2.75) is 6.92 Å². The van der Waals surface area contributed by atoms with Crippen molar-refractivity contribution in [1.82, 2.24) is 15.0 Å². The van der Waals surface area contributed by atoms with Gasteiger partial charge >= 0.3 is 0 Å². The molecule has 5 nitrogen and oxygen atoms in total. The number of fused-ring (bicyclic) bond motifs is 1. The van der Waals surface area contributed by atoms with Crippen LogP contribution in [0.4, 0.5) is 0 Å². The third kappa shape index (κ3) is 2.68. The Morgan fingerprint density at radius 3 is 2.73 bits per heavy atom. The van der Waals surface area contributed by atoms with Crippen LogP contribution < -0.4 is 4.74 Å². The van der Waals surface area contributed by atoms with Gasteiger partial charge in [0, 0.05) is 52.4 Å². The molecule has 0 radical (unpaired) electrons. The van der Waals surface area contributed by atoms with Gasteiger partial charge in [0.2, 0.25) is 0 Å². The van der Waals surface area contributed by atoms with E-state index in [1.807, 2.05) is 30.5 Å². The number of pyridine rings is 2. The molecule has 1 N–H and O–H groups in total. The lowest BCUT2D eigenvalue weighted by Crippen LogP contribution is -1.92. The van der Waals surface area contributed by atoms with Crippen LogP contribution in [-0.2, 0) is 0 Å². The summed E-state index contributed by atoms with van der Waals surface area (Å²) in [5, 5.41) is 10.1. The van der Waals surface area contributed by atoms with Gasteiger partial charge in [0.1, 0.15) is 17.5 Å². The van der Waals surface area contributed by atoms with Crippen LogP contribution in [0.25, 0.3) is 33.3 Å². The molecule has 26 heavy (non-hydrogen) atoms. The predicted molar refractivity (Wildman–Crippen MR) is 101 cm³/mol. The van der Waals surface area contributed by atoms with Crippen molar-refractivity contribution in [3.05, 3.63) is 66.2 Å². The summed E-state index contributed by atoms with van der Waals surface area (Å²) in [5.41, 5.74) is 6.52. The fourth-order valence-corrected chi connectivity index (χ4v) is 3.07. The quantitative estimate of drug-likeness (QED) is 0.596. The normalized spacial score (nSPS) is 10.7. The second-order valence-electron chi connectivity index (χ2n) is 6.06. The number of nitrogens with zero attached hydrogens (tertiary/aromatic N) is 3. The highest BCUT2D eigenvalue weighted by Crippen LogP contribution is 2.33. The molecule has 0 aliphatic carbocycles. The molecule has 0 unspecified atom stereocenters. The van der Waals surface area contributed by atoms with Crippen molar-refractivity contribution < 1.29 is 4.74 Å². The number of methoxy groups -OCH3 is 1. The predicted octanol–water partition coefficient (Wildman–Crippen LogP) is 4.48. The van der Waals surface area contributed by atoms with Crippen LogP contribution in [0, 0.1) is 18.3 Å². The lowest BCUT2D eigenvalue weighted by atomic mass is 10.0. The van der Waals surface area contributed by atoms with E-state index in [1.165, 1.54) is 5.56 Å². The van der Waals surface area contributed by atoms with E-state index in [1.54, 1.807) is 25.6 Å². The molecule has 1 aromatic carbocycles. The van der Waals surface area contributed by atoms with E-state index < -0.39 is 0 Å². The Labute approximate surface area is 150 Å². The first-order valence-electron chi connectivity index (χ1n) is 8.18. The summed E-state index contributed by atoms with van der Waals surface area (Å²) in [6.45, 7) is 2.07. The maximum atomic E-state index is 9.02. The maximum absolute atomic E-state index is 9.02. The minimum atomic E-state index is 0.336. The number of aromatic amines is 1. The van der Waals surface area contributed by atoms with Crippen LogP contribution in [0.3, 0.4) is 0 Å². The van der Waals surface area contributed by atoms with Gasteiger partial charge in [-0.15, -0.1) is 0 Å². The smallest absolute Gasteiger partial charge is 0.144 e. The number of ether oxygens (including phenoxy) is 1. The number of aryl methyl sites for hydroxylation is 1. The Bertz CT molecular complexity index is 1150. The zero-order valence-electron chi connectivity index (χ0n) is 14.4. The molecule has 0 saturated heterocycles. The number of rotatable bonds is 3. The molecule has 0 amide bonds. The van der Waals surface area contributed by atoms with E-state index in [9.17, 15) is 0 Å². The van der Waals surface area contributed by atoms with Crippen LogP contribution >= 0.6 is 0 Å². The van der Waals surface area contributed by atoms with E-state index in [4.69, 9.17) is 10.00 Å². The van der Waals surface area contributed by atoms with E-state index in [0.717, 1.165) is 33.3 Å². The lowest BCUT2D eigenvalue weighted by molar-refractivity contribution is 0.415. The SMILES string of the molecule is COc1cc(C#N)ncc1-c1ccc2[nH]c(-c3cnccc3C)cc2c1. The number of nitrogens with one attached hydrogen (secondary N) is 1. The van der Waals surface area contributed by atoms with Crippen LogP contribution in [0.15, 0.2) is 55.0 Å². The summed E-state index contributed by atoms with van der Waals surface area (Å²) >= 11 is 0. The van der Waals surface area contributed by atoms with E-state index in [2.05, 4.69) is 34.0 Å². The van der Waals surface area contributed by atoms with E-state index in [0.29, 0.717) is 11.4 Å². The molecule has 0 fully saturated rings. The Hall–Kier alpha value is -3.65. The number of nitriles is 1. The summed E-state index contributed by atoms with van der Waals surface area (Å²) in [7, 11) is 1.60. The van der Waals surface area contributed by atoms with Gasteiger partial charge in [-0.1, -0.05) is 6.07 Å². The molecule has 4 rings (SSSR count). The molecule has 3 aromatic heterocycles. The first-order chi connectivity index (χ1) is 12.7. The molecule has 0 aliphatic rings. The van der Waals surface area contributed by atoms with Crippen LogP contribution in [0.1, 0.15) is 11.3 Å². The zero-order chi connectivity index (χ0) is 18.1. The van der Waals surface area contributed by atoms with Crippen molar-refractivity contribution in [2.75, 3.05) is 7.11 Å². The third-order valence-corrected chi connectivity index (χ3v) is 4.46. The van der Waals surface area contributed by atoms with Gasteiger partial charge in [-0.2, -0.15) is 5.26 Å². The number of hydrogen-bond donors (Lipinski definition) is 1. The Balaban J connectivity index is 1.82. The monoisotopic (exact) mass is 340 g/mol. The second-order valence-corrected chi connectivity index (χ2v) is 6.06. The maximum Gasteiger partial charge on any atom is 0.144 e. The van der Waals surface area contributed by atoms with Crippen molar-refractivity contribution in [3.8, 4) is 34.2 Å². The van der Waals surface area contributed by atoms with Crippen molar-refractivity contribution in [3.63, 3.8) is 0 Å². The van der Waals surface area contributed by atoms with Crippen LogP contribution in [0.5, 0.6) is 5.75 Å². The molecule has 0 bridgehead atoms. The fraction of sp³-hybridized carbons (Fsp3) is 0.0952. The minimum absolute atomic E-state index is 0.336. The molecule has 0 aliphatic heterocycles. The summed E-state index contributed by atoms with van der Waals surface area (Å²) in [6, 6.07) is 14.0. The molecule has 0 saturated carbocycles. The van der Waals surface area contributed by atoms with Crippen molar-refractivity contribution >= 4 is 10.9 Å². The summed E-state index contributed by atoms with van der Waals surface area (Å²) < 4.78 is 5.44. The summed E-state index contributed by atoms with van der Waals surface area (Å²) in [5.74, 6) is 0.634. The number of aromatic nitrogens is 3. The molecular formula is C21H16N4O. The Kier molecular flexibility index (Phi) is 3.86. The summed E-state index contributed by atoms with van der Waals surface area (Å²) in [4.78, 5) is 11.8. The fourth-order valence-electron chi connectivity index (χ4n) is 3.07. The average molecular weight is 340 g/mol. The minimum Gasteiger partial charge on any atom is -0.496 e. The highest BCUT2D eigenvalue weighted by molar-refractivity contribution is 5.90. The van der Waals surface area contributed by atoms with Gasteiger partial charge in [-0.05, 0) is 42.3 Å². The van der Waals surface area contributed by atoms with Gasteiger partial charge in [0.05, 0.1) is 7.11 Å². The molecule has 126 valence electrons. The Morgan fingerprint density at radius 2 is 1.96 bits per heavy atom. The molecule has 3 heterocycles. The van der Waals surface area contributed by atoms with Gasteiger partial charge in [-0.25, -0.2) is 4.98 Å². The van der Waals surface area contributed by atoms with Crippen molar-refractivity contribution in [2.24, 2.45) is 0 Å². The van der Waals surface area contributed by atoms with Gasteiger partial charge in [-0.3, -0.25) is 4.98 Å². The first kappa shape index (κ1) is 15.9. The second kappa shape index (κ2) is 6.34. The topological polar surface area (TPSA) is 74.6 Å². The number of benzene rings is 1. The molecule has 5 heteroatoms. The van der Waals surface area contributed by atoms with Crippen LogP contribution in [-0.4, -0.2) is 22.1 Å². The van der Waals surface area contributed by atoms with Crippen molar-refractivity contribution in [1.29, 1.82) is 5.26 Å². The third-order valence-electron chi connectivity index (χ3n) is 4.46. The summed E-state index contributed by atoms with van der Waals surface area (Å²) in [6.07, 6.45) is 5.34. The van der Waals surface area contributed by atoms with Crippen LogP contribution in [0.2, 0.25) is 0 Å². The van der Waals surface area contributed by atoms with Gasteiger partial charge in [0.15, 0.2) is 0 Å². The van der Waals surface area contributed by atoms with Gasteiger partial charge < -0.3 is 9.72 Å². The highest BCUT2D eigenvalue weighted by atomic mass is 16.5. The molecule has 0 spiro atoms. The molecule has 0 atom stereocenters. The largest absolute Gasteiger partial charge is 0.496 e. The molecular weight excluding hydrogens is 324 g/mol. The first-order valence-corrected chi connectivity index (χ1v) is 8.18. The average Bonchev–Trinajstić information content (AvgIpc) is 3.10. The standard InChI is InChI=1S/C21H16N4O/c1-13-5-6-23-11-17(13)20-8-15-7-14(3-4-19(15)25-20)18-12-24-16(10-22)9-21(18)26-2/h3-9,11-12,25H,1-2H3. The zero-order valence-corrected chi connectivity index (χ0v) is 14.4.